The average molecular weight is 616 g/mol. The lowest BCUT2D eigenvalue weighted by Crippen LogP contribution is -2.36. The van der Waals surface area contributed by atoms with Crippen molar-refractivity contribution in [1.82, 2.24) is 30.1 Å². The number of rotatable bonds is 9. The molecule has 0 fully saturated rings. The van der Waals surface area contributed by atoms with Crippen molar-refractivity contribution >= 4 is 23.6 Å². The number of fused-ring (bicyclic) bond motifs is 1. The molecular formula is C33H45N9O3. The Labute approximate surface area is 264 Å². The fourth-order valence-corrected chi connectivity index (χ4v) is 5.00. The van der Waals surface area contributed by atoms with E-state index in [2.05, 4.69) is 25.9 Å². The summed E-state index contributed by atoms with van der Waals surface area (Å²) in [5.74, 6) is 0.696. The van der Waals surface area contributed by atoms with Gasteiger partial charge in [-0.25, -0.2) is 14.8 Å². The van der Waals surface area contributed by atoms with Crippen LogP contribution in [0.15, 0.2) is 48.7 Å². The van der Waals surface area contributed by atoms with E-state index in [9.17, 15) is 9.59 Å². The molecule has 1 aliphatic carbocycles. The Bertz CT molecular complexity index is 1610. The van der Waals surface area contributed by atoms with E-state index in [1.807, 2.05) is 77.9 Å². The first kappa shape index (κ1) is 33.3. The molecule has 1 aliphatic rings. The summed E-state index contributed by atoms with van der Waals surface area (Å²) < 4.78 is 7.92. The zero-order valence-corrected chi connectivity index (χ0v) is 27.2. The number of hydrogen-bond acceptors (Lipinski definition) is 8. The van der Waals surface area contributed by atoms with Crippen molar-refractivity contribution in [2.45, 2.75) is 65.0 Å². The first-order chi connectivity index (χ1) is 21.2. The maximum absolute atomic E-state index is 13.3. The zero-order valence-electron chi connectivity index (χ0n) is 27.2. The van der Waals surface area contributed by atoms with Gasteiger partial charge in [0.25, 0.3) is 5.91 Å². The highest BCUT2D eigenvalue weighted by Crippen LogP contribution is 2.38. The van der Waals surface area contributed by atoms with Crippen LogP contribution < -0.4 is 26.2 Å². The monoisotopic (exact) mass is 615 g/mol. The number of anilines is 1. The highest BCUT2D eigenvalue weighted by atomic mass is 16.5. The van der Waals surface area contributed by atoms with Crippen LogP contribution in [0.2, 0.25) is 0 Å². The lowest BCUT2D eigenvalue weighted by Gasteiger charge is -2.32. The van der Waals surface area contributed by atoms with Gasteiger partial charge in [0.15, 0.2) is 0 Å². The number of urea groups is 1. The number of carbonyl (C=O) groups excluding carboxylic acids is 2. The van der Waals surface area contributed by atoms with E-state index in [0.717, 1.165) is 11.1 Å². The Kier molecular flexibility index (Phi) is 10.4. The second-order valence-corrected chi connectivity index (χ2v) is 12.9. The molecule has 2 aromatic heterocycles. The Balaban J connectivity index is 1.50. The van der Waals surface area contributed by atoms with Crippen molar-refractivity contribution in [3.8, 4) is 5.75 Å². The number of amides is 3. The van der Waals surface area contributed by atoms with Crippen LogP contribution >= 0.6 is 0 Å². The van der Waals surface area contributed by atoms with Crippen LogP contribution in [0.1, 0.15) is 87.0 Å². The molecule has 0 aliphatic heterocycles. The number of nitrogens with one attached hydrogen (secondary N) is 5. The summed E-state index contributed by atoms with van der Waals surface area (Å²) >= 11 is 0. The van der Waals surface area contributed by atoms with Crippen molar-refractivity contribution in [2.75, 3.05) is 32.5 Å². The number of likely N-dealkylation sites (N-methyl/N-ethyl adjacent to an activating group) is 1. The summed E-state index contributed by atoms with van der Waals surface area (Å²) in [6, 6.07) is 12.2. The van der Waals surface area contributed by atoms with Crippen LogP contribution in [0, 0.1) is 16.7 Å². The smallest absolute Gasteiger partial charge is 0.320 e. The molecule has 0 radical (unpaired) electrons. The minimum Gasteiger partial charge on any atom is -0.484 e. The van der Waals surface area contributed by atoms with Crippen LogP contribution in [0.4, 0.5) is 10.6 Å². The Hall–Kier alpha value is -4.58. The second-order valence-electron chi connectivity index (χ2n) is 12.9. The fourth-order valence-electron chi connectivity index (χ4n) is 5.00. The molecule has 240 valence electrons. The first-order valence-corrected chi connectivity index (χ1v) is 15.2. The summed E-state index contributed by atoms with van der Waals surface area (Å²) in [6.07, 6.45) is 2.70. The summed E-state index contributed by atoms with van der Waals surface area (Å²) in [4.78, 5) is 36.9. The molecule has 0 saturated carbocycles. The number of nitrogens with zero attached hydrogens (tertiary/aromatic N) is 4. The first-order valence-electron chi connectivity index (χ1n) is 15.2. The predicted octanol–water partition coefficient (Wildman–Crippen LogP) is 4.60. The van der Waals surface area contributed by atoms with E-state index in [1.165, 1.54) is 4.57 Å². The van der Waals surface area contributed by atoms with E-state index in [-0.39, 0.29) is 40.6 Å². The number of benzene rings is 1. The van der Waals surface area contributed by atoms with Gasteiger partial charge in [-0.1, -0.05) is 58.9 Å². The Morgan fingerprint density at radius 2 is 1.80 bits per heavy atom. The third-order valence-electron chi connectivity index (χ3n) is 7.53. The van der Waals surface area contributed by atoms with E-state index >= 15 is 0 Å². The standard InChI is InChI=1S/C33H45N9O3/c1-20(2)29(35)42-19-21(12-15-27(42)34)45-25-14-13-24(22-10-8-9-11-23(22)25)37-32(44)40-28-18-26(33(3,4)5)38-30(39-28)31(43)36-16-17-41(6)7/h8-12,15,18-20,24-25,34-35H,13-14,16-17H2,1-7H3,(H,36,43)(H2,37,38,39,40,44)/t24-,25+/m0/s1. The molecule has 3 aromatic rings. The van der Waals surface area contributed by atoms with E-state index in [4.69, 9.17) is 15.6 Å². The summed E-state index contributed by atoms with van der Waals surface area (Å²) in [6.45, 7) is 10.9. The number of carbonyl (C=O) groups is 2. The molecule has 45 heavy (non-hydrogen) atoms. The lowest BCUT2D eigenvalue weighted by molar-refractivity contribution is 0.0940. The molecular weight excluding hydrogens is 570 g/mol. The van der Waals surface area contributed by atoms with Crippen LogP contribution in [0.3, 0.4) is 0 Å². The fraction of sp³-hybridized carbons (Fsp3) is 0.455. The molecule has 2 heterocycles. The number of ether oxygens (including phenoxy) is 1. The molecule has 12 nitrogen and oxygen atoms in total. The topological polar surface area (TPSA) is 161 Å². The summed E-state index contributed by atoms with van der Waals surface area (Å²) in [7, 11) is 3.85. The molecule has 1 aromatic carbocycles. The number of pyridine rings is 1. The maximum atomic E-state index is 13.3. The van der Waals surface area contributed by atoms with Gasteiger partial charge < -0.3 is 20.3 Å². The highest BCUT2D eigenvalue weighted by molar-refractivity contribution is 5.92. The van der Waals surface area contributed by atoms with Gasteiger partial charge in [-0.05, 0) is 50.2 Å². The third-order valence-corrected chi connectivity index (χ3v) is 7.53. The molecule has 4 rings (SSSR count). The molecule has 2 atom stereocenters. The maximum Gasteiger partial charge on any atom is 0.320 e. The van der Waals surface area contributed by atoms with E-state index < -0.39 is 11.9 Å². The lowest BCUT2D eigenvalue weighted by atomic mass is 9.85. The molecule has 0 spiro atoms. The molecule has 3 amide bonds. The normalized spacial score (nSPS) is 16.2. The van der Waals surface area contributed by atoms with Crippen molar-refractivity contribution in [3.05, 3.63) is 76.8 Å². The average Bonchev–Trinajstić information content (AvgIpc) is 2.98. The van der Waals surface area contributed by atoms with Crippen LogP contribution in [0.5, 0.6) is 5.75 Å². The van der Waals surface area contributed by atoms with Crippen molar-refractivity contribution in [2.24, 2.45) is 5.92 Å². The van der Waals surface area contributed by atoms with Gasteiger partial charge in [-0.2, -0.15) is 0 Å². The van der Waals surface area contributed by atoms with Gasteiger partial charge in [0, 0.05) is 30.5 Å². The summed E-state index contributed by atoms with van der Waals surface area (Å²) in [5, 5.41) is 25.3. The van der Waals surface area contributed by atoms with Gasteiger partial charge in [0.05, 0.1) is 17.9 Å². The van der Waals surface area contributed by atoms with Crippen LogP contribution in [-0.2, 0) is 5.41 Å². The largest absolute Gasteiger partial charge is 0.484 e. The number of hydrogen-bond donors (Lipinski definition) is 5. The van der Waals surface area contributed by atoms with E-state index in [0.29, 0.717) is 43.2 Å². The minimum absolute atomic E-state index is 0.00258. The van der Waals surface area contributed by atoms with Crippen LogP contribution in [0.25, 0.3) is 0 Å². The quantitative estimate of drug-likeness (QED) is 0.175. The molecule has 5 N–H and O–H groups in total. The number of aromatic nitrogens is 3. The van der Waals surface area contributed by atoms with Gasteiger partial charge in [-0.15, -0.1) is 0 Å². The van der Waals surface area contributed by atoms with Crippen molar-refractivity contribution in [3.63, 3.8) is 0 Å². The van der Waals surface area contributed by atoms with Gasteiger partial charge in [0.2, 0.25) is 5.82 Å². The molecule has 0 unspecified atom stereocenters. The van der Waals surface area contributed by atoms with Crippen molar-refractivity contribution in [1.29, 1.82) is 10.8 Å². The van der Waals surface area contributed by atoms with E-state index in [1.54, 1.807) is 24.4 Å². The minimum atomic E-state index is -0.439. The van der Waals surface area contributed by atoms with Gasteiger partial charge in [0.1, 0.15) is 29.0 Å². The van der Waals surface area contributed by atoms with Crippen molar-refractivity contribution < 1.29 is 14.3 Å². The second kappa shape index (κ2) is 14.0. The Morgan fingerprint density at radius 3 is 2.47 bits per heavy atom. The predicted molar refractivity (Wildman–Crippen MR) is 174 cm³/mol. The highest BCUT2D eigenvalue weighted by Gasteiger charge is 2.30. The molecule has 0 saturated heterocycles. The molecule has 12 heteroatoms. The van der Waals surface area contributed by atoms with Gasteiger partial charge >= 0.3 is 6.03 Å². The zero-order chi connectivity index (χ0) is 32.9. The Morgan fingerprint density at radius 1 is 1.09 bits per heavy atom. The van der Waals surface area contributed by atoms with Crippen LogP contribution in [-0.4, -0.2) is 64.4 Å². The SMILES string of the molecule is CC(C)C(=N)n1cc(O[C@@H]2CC[C@H](NC(=O)Nc3cc(C(C)(C)C)nc(C(=O)NCCN(C)C)n3)c3ccccc32)ccc1=N. The van der Waals surface area contributed by atoms with Gasteiger partial charge in [-0.3, -0.25) is 25.5 Å². The summed E-state index contributed by atoms with van der Waals surface area (Å²) in [5.41, 5.74) is 2.39. The third kappa shape index (κ3) is 8.53. The molecule has 0 bridgehead atoms.